The minimum absolute atomic E-state index is 0.305. The highest BCUT2D eigenvalue weighted by Gasteiger charge is 2.01. The number of hydrogen-bond donors (Lipinski definition) is 3. The molecule has 0 bridgehead atoms. The first-order valence-corrected chi connectivity index (χ1v) is 6.89. The van der Waals surface area contributed by atoms with Crippen molar-refractivity contribution in [3.8, 4) is 0 Å². The molecule has 90 valence electrons. The maximum Gasteiger partial charge on any atom is 0.208 e. The van der Waals surface area contributed by atoms with Crippen LogP contribution in [-0.2, 0) is 10.0 Å². The van der Waals surface area contributed by atoms with Crippen LogP contribution in [0.15, 0.2) is 18.2 Å². The van der Waals surface area contributed by atoms with Gasteiger partial charge in [0.15, 0.2) is 0 Å². The van der Waals surface area contributed by atoms with Gasteiger partial charge in [-0.2, -0.15) is 0 Å². The summed E-state index contributed by atoms with van der Waals surface area (Å²) in [6.45, 7) is 0.760. The van der Waals surface area contributed by atoms with Crippen LogP contribution in [0.1, 0.15) is 0 Å². The van der Waals surface area contributed by atoms with Gasteiger partial charge in [-0.25, -0.2) is 13.1 Å². The SMILES string of the molecule is CS(=O)(=O)NCCNc1ccc(N)cc1Cl. The molecule has 4 N–H and O–H groups in total. The Bertz CT molecular complexity index is 462. The predicted octanol–water partition coefficient (Wildman–Crippen LogP) is 0.883. The van der Waals surface area contributed by atoms with Gasteiger partial charge in [0.1, 0.15) is 0 Å². The van der Waals surface area contributed by atoms with Gasteiger partial charge in [-0.05, 0) is 18.2 Å². The lowest BCUT2D eigenvalue weighted by atomic mass is 10.3. The van der Waals surface area contributed by atoms with Gasteiger partial charge < -0.3 is 11.1 Å². The van der Waals surface area contributed by atoms with Crippen molar-refractivity contribution in [3.05, 3.63) is 23.2 Å². The molecule has 1 aromatic rings. The van der Waals surface area contributed by atoms with E-state index in [2.05, 4.69) is 10.0 Å². The van der Waals surface area contributed by atoms with Gasteiger partial charge in [0, 0.05) is 18.8 Å². The molecule has 0 saturated carbocycles. The van der Waals surface area contributed by atoms with Crippen molar-refractivity contribution in [3.63, 3.8) is 0 Å². The first-order valence-electron chi connectivity index (χ1n) is 4.62. The van der Waals surface area contributed by atoms with E-state index in [1.54, 1.807) is 18.2 Å². The molecule has 0 amide bonds. The van der Waals surface area contributed by atoms with Crippen molar-refractivity contribution in [2.75, 3.05) is 30.4 Å². The van der Waals surface area contributed by atoms with Gasteiger partial charge in [0.2, 0.25) is 10.0 Å². The molecular formula is C9H14ClN3O2S. The Morgan fingerprint density at radius 1 is 1.38 bits per heavy atom. The lowest BCUT2D eigenvalue weighted by molar-refractivity contribution is 0.589. The maximum atomic E-state index is 10.8. The molecular weight excluding hydrogens is 250 g/mol. The molecule has 1 aromatic carbocycles. The van der Waals surface area contributed by atoms with E-state index in [9.17, 15) is 8.42 Å². The van der Waals surface area contributed by atoms with Gasteiger partial charge in [0.25, 0.3) is 0 Å². The lowest BCUT2D eigenvalue weighted by Crippen LogP contribution is -2.27. The van der Waals surface area contributed by atoms with Crippen LogP contribution < -0.4 is 15.8 Å². The summed E-state index contributed by atoms with van der Waals surface area (Å²) in [6.07, 6.45) is 1.11. The summed E-state index contributed by atoms with van der Waals surface area (Å²) in [5.74, 6) is 0. The average Bonchev–Trinajstić information content (AvgIpc) is 2.13. The third-order valence-corrected chi connectivity index (χ3v) is 2.84. The predicted molar refractivity (Wildman–Crippen MR) is 67.2 cm³/mol. The standard InChI is InChI=1S/C9H14ClN3O2S/c1-16(14,15)13-5-4-12-9-3-2-7(11)6-8(9)10/h2-3,6,12-13H,4-5,11H2,1H3. The van der Waals surface area contributed by atoms with E-state index in [1.807, 2.05) is 0 Å². The highest BCUT2D eigenvalue weighted by Crippen LogP contribution is 2.23. The number of hydrogen-bond acceptors (Lipinski definition) is 4. The van der Waals surface area contributed by atoms with Gasteiger partial charge in [-0.15, -0.1) is 0 Å². The van der Waals surface area contributed by atoms with E-state index < -0.39 is 10.0 Å². The van der Waals surface area contributed by atoms with Crippen molar-refractivity contribution in [2.24, 2.45) is 0 Å². The van der Waals surface area contributed by atoms with Crippen LogP contribution in [0.4, 0.5) is 11.4 Å². The molecule has 7 heteroatoms. The molecule has 0 spiro atoms. The van der Waals surface area contributed by atoms with E-state index in [-0.39, 0.29) is 0 Å². The third kappa shape index (κ3) is 4.69. The molecule has 0 saturated heterocycles. The number of nitrogens with two attached hydrogens (primary N) is 1. The van der Waals surface area contributed by atoms with Crippen molar-refractivity contribution < 1.29 is 8.42 Å². The fraction of sp³-hybridized carbons (Fsp3) is 0.333. The molecule has 1 rings (SSSR count). The minimum Gasteiger partial charge on any atom is -0.399 e. The zero-order valence-corrected chi connectivity index (χ0v) is 10.4. The summed E-state index contributed by atoms with van der Waals surface area (Å²) in [4.78, 5) is 0. The number of benzene rings is 1. The number of sulfonamides is 1. The van der Waals surface area contributed by atoms with Crippen molar-refractivity contribution >= 4 is 33.0 Å². The first-order chi connectivity index (χ1) is 7.38. The van der Waals surface area contributed by atoms with Gasteiger partial charge >= 0.3 is 0 Å². The number of nitrogen functional groups attached to an aromatic ring is 1. The van der Waals surface area contributed by atoms with Crippen LogP contribution in [0.5, 0.6) is 0 Å². The molecule has 16 heavy (non-hydrogen) atoms. The van der Waals surface area contributed by atoms with E-state index in [4.69, 9.17) is 17.3 Å². The summed E-state index contributed by atoms with van der Waals surface area (Å²) in [5.41, 5.74) is 6.85. The van der Waals surface area contributed by atoms with Crippen molar-refractivity contribution in [1.82, 2.24) is 4.72 Å². The number of nitrogens with one attached hydrogen (secondary N) is 2. The zero-order chi connectivity index (χ0) is 12.2. The number of anilines is 2. The second kappa shape index (κ2) is 5.38. The van der Waals surface area contributed by atoms with Crippen LogP contribution in [0.2, 0.25) is 5.02 Å². The molecule has 0 fully saturated rings. The molecule has 5 nitrogen and oxygen atoms in total. The molecule has 0 unspecified atom stereocenters. The maximum absolute atomic E-state index is 10.8. The summed E-state index contributed by atoms with van der Waals surface area (Å²) in [5, 5.41) is 3.51. The Morgan fingerprint density at radius 2 is 2.06 bits per heavy atom. The Morgan fingerprint density at radius 3 is 2.62 bits per heavy atom. The van der Waals surface area contributed by atoms with Crippen molar-refractivity contribution in [2.45, 2.75) is 0 Å². The quantitative estimate of drug-likeness (QED) is 0.544. The average molecular weight is 264 g/mol. The lowest BCUT2D eigenvalue weighted by Gasteiger charge is -2.08. The Labute approximate surface area is 100 Å². The van der Waals surface area contributed by atoms with Crippen molar-refractivity contribution in [1.29, 1.82) is 0 Å². The summed E-state index contributed by atoms with van der Waals surface area (Å²) in [7, 11) is -3.14. The third-order valence-electron chi connectivity index (χ3n) is 1.80. The second-order valence-corrected chi connectivity index (χ2v) is 5.57. The highest BCUT2D eigenvalue weighted by molar-refractivity contribution is 7.88. The molecule has 0 aliphatic heterocycles. The highest BCUT2D eigenvalue weighted by atomic mass is 35.5. The molecule has 0 radical (unpaired) electrons. The first kappa shape index (κ1) is 13.1. The number of halogens is 1. The van der Waals surface area contributed by atoms with Crippen LogP contribution in [0, 0.1) is 0 Å². The van der Waals surface area contributed by atoms with Crippen LogP contribution >= 0.6 is 11.6 Å². The van der Waals surface area contributed by atoms with E-state index >= 15 is 0 Å². The monoisotopic (exact) mass is 263 g/mol. The topological polar surface area (TPSA) is 84.2 Å². The Hall–Kier alpha value is -0.980. The summed E-state index contributed by atoms with van der Waals surface area (Å²) >= 11 is 5.92. The van der Waals surface area contributed by atoms with Gasteiger partial charge in [-0.3, -0.25) is 0 Å². The summed E-state index contributed by atoms with van der Waals surface area (Å²) in [6, 6.07) is 5.10. The van der Waals surface area contributed by atoms with E-state index in [1.165, 1.54) is 0 Å². The molecule has 0 aliphatic rings. The van der Waals surface area contributed by atoms with Crippen LogP contribution in [0.25, 0.3) is 0 Å². The van der Waals surface area contributed by atoms with Crippen LogP contribution in [-0.4, -0.2) is 27.8 Å². The Balaban J connectivity index is 2.43. The minimum atomic E-state index is -3.14. The van der Waals surface area contributed by atoms with E-state index in [0.717, 1.165) is 11.9 Å². The Kier molecular flexibility index (Phi) is 4.40. The number of rotatable bonds is 5. The normalized spacial score (nSPS) is 11.4. The molecule has 0 aromatic heterocycles. The van der Waals surface area contributed by atoms with Gasteiger partial charge in [-0.1, -0.05) is 11.6 Å². The zero-order valence-electron chi connectivity index (χ0n) is 8.83. The summed E-state index contributed by atoms with van der Waals surface area (Å²) < 4.78 is 23.9. The smallest absolute Gasteiger partial charge is 0.208 e. The van der Waals surface area contributed by atoms with Crippen LogP contribution in [0.3, 0.4) is 0 Å². The molecule has 0 atom stereocenters. The molecule has 0 aliphatic carbocycles. The fourth-order valence-corrected chi connectivity index (χ4v) is 1.84. The fourth-order valence-electron chi connectivity index (χ4n) is 1.11. The van der Waals surface area contributed by atoms with Gasteiger partial charge in [0.05, 0.1) is 17.0 Å². The molecule has 0 heterocycles. The van der Waals surface area contributed by atoms with E-state index in [0.29, 0.717) is 23.8 Å². The largest absolute Gasteiger partial charge is 0.399 e. The second-order valence-electron chi connectivity index (χ2n) is 3.33.